The van der Waals surface area contributed by atoms with Gasteiger partial charge in [-0.1, -0.05) is 43.6 Å². The zero-order chi connectivity index (χ0) is 27.2. The Kier molecular flexibility index (Phi) is 7.19. The lowest BCUT2D eigenvalue weighted by molar-refractivity contribution is -0.192. The van der Waals surface area contributed by atoms with Crippen LogP contribution in [0.1, 0.15) is 92.9 Å². The number of hydrogen-bond acceptors (Lipinski definition) is 6. The maximum Gasteiger partial charge on any atom is 0.312 e. The van der Waals surface area contributed by atoms with Crippen LogP contribution in [0.4, 0.5) is 0 Å². The lowest BCUT2D eigenvalue weighted by Gasteiger charge is -2.54. The first kappa shape index (κ1) is 27.5. The molecule has 2 saturated carbocycles. The van der Waals surface area contributed by atoms with Crippen molar-refractivity contribution in [1.82, 2.24) is 0 Å². The summed E-state index contributed by atoms with van der Waals surface area (Å²) in [5.41, 5.74) is -0.542. The summed E-state index contributed by atoms with van der Waals surface area (Å²) in [4.78, 5) is 51.4. The van der Waals surface area contributed by atoms with Gasteiger partial charge >= 0.3 is 11.9 Å². The van der Waals surface area contributed by atoms with Crippen molar-refractivity contribution in [3.63, 3.8) is 0 Å². The average molecular weight is 511 g/mol. The summed E-state index contributed by atoms with van der Waals surface area (Å²) in [7, 11) is 0. The second-order valence-corrected chi connectivity index (χ2v) is 12.8. The minimum Gasteiger partial charge on any atom is -0.457 e. The minimum atomic E-state index is -1.34. The highest BCUT2D eigenvalue weighted by Crippen LogP contribution is 2.66. The van der Waals surface area contributed by atoms with Gasteiger partial charge in [0.25, 0.3) is 0 Å². The molecular weight excluding hydrogens is 468 g/mol. The number of carbonyl (C=O) groups excluding carboxylic acids is 4. The van der Waals surface area contributed by atoms with Gasteiger partial charge in [0.1, 0.15) is 0 Å². The van der Waals surface area contributed by atoms with Crippen molar-refractivity contribution in [2.45, 2.75) is 98.5 Å². The summed E-state index contributed by atoms with van der Waals surface area (Å²) < 4.78 is 11.7. The third-order valence-electron chi connectivity index (χ3n) is 9.50. The minimum absolute atomic E-state index is 0.0419. The van der Waals surface area contributed by atoms with Crippen LogP contribution in [-0.4, -0.2) is 35.7 Å². The van der Waals surface area contributed by atoms with Crippen molar-refractivity contribution >= 4 is 23.5 Å². The summed E-state index contributed by atoms with van der Waals surface area (Å²) in [6.45, 7) is 11.3. The quantitative estimate of drug-likeness (QED) is 0.316. The molecule has 0 aromatic rings. The van der Waals surface area contributed by atoms with Gasteiger partial charge in [-0.25, -0.2) is 0 Å². The van der Waals surface area contributed by atoms with Gasteiger partial charge in [-0.2, -0.15) is 0 Å². The molecule has 0 heterocycles. The normalized spacial score (nSPS) is 34.5. The van der Waals surface area contributed by atoms with Crippen LogP contribution >= 0.6 is 0 Å². The third-order valence-corrected chi connectivity index (χ3v) is 9.50. The van der Waals surface area contributed by atoms with Crippen molar-refractivity contribution < 1.29 is 28.7 Å². The third kappa shape index (κ3) is 4.55. The first-order valence-corrected chi connectivity index (χ1v) is 13.9. The molecule has 0 aliphatic heterocycles. The molecule has 2 fully saturated rings. The molecule has 0 amide bonds. The van der Waals surface area contributed by atoms with Gasteiger partial charge in [-0.05, 0) is 90.2 Å². The first-order chi connectivity index (χ1) is 17.3. The van der Waals surface area contributed by atoms with E-state index in [0.29, 0.717) is 19.3 Å². The van der Waals surface area contributed by atoms with Gasteiger partial charge in [-0.15, -0.1) is 0 Å². The van der Waals surface area contributed by atoms with E-state index in [1.54, 1.807) is 32.9 Å². The number of esters is 2. The lowest BCUT2D eigenvalue weighted by Crippen LogP contribution is -2.58. The fourth-order valence-electron chi connectivity index (χ4n) is 7.17. The fourth-order valence-corrected chi connectivity index (χ4v) is 7.17. The largest absolute Gasteiger partial charge is 0.457 e. The van der Waals surface area contributed by atoms with Crippen LogP contribution in [0.25, 0.3) is 0 Å². The number of fused-ring (bicyclic) bond motifs is 5. The number of carbonyl (C=O) groups is 4. The zero-order valence-corrected chi connectivity index (χ0v) is 23.3. The van der Waals surface area contributed by atoms with Crippen LogP contribution in [0.3, 0.4) is 0 Å². The number of unbranched alkanes of at least 4 members (excludes halogenated alkanes) is 1. The van der Waals surface area contributed by atoms with Crippen molar-refractivity contribution in [3.05, 3.63) is 35.5 Å². The van der Waals surface area contributed by atoms with Crippen molar-refractivity contribution in [2.75, 3.05) is 6.61 Å². The van der Waals surface area contributed by atoms with E-state index < -0.39 is 28.4 Å². The predicted molar refractivity (Wildman–Crippen MR) is 140 cm³/mol. The molecule has 4 aliphatic rings. The van der Waals surface area contributed by atoms with Gasteiger partial charge in [-0.3, -0.25) is 19.2 Å². The van der Waals surface area contributed by atoms with Gasteiger partial charge in [0.15, 0.2) is 18.0 Å². The number of Topliss-reactive ketones (excluding diaryl/α,β-unsaturated/α-hetero) is 1. The summed E-state index contributed by atoms with van der Waals surface area (Å²) in [6.07, 6.45) is 13.1. The van der Waals surface area contributed by atoms with E-state index >= 15 is 0 Å². The molecule has 0 bridgehead atoms. The monoisotopic (exact) mass is 510 g/mol. The SMILES string of the molecule is CCCCC(=O)OCC(=O)[C@@]1(OC(=O)C(C)(C)C)CC[C@H]2[C@@H]3CCC4=CC(=O)C=C[C@]4(C)C3=CC[C@@]21C. The summed E-state index contributed by atoms with van der Waals surface area (Å²) in [6, 6.07) is 0. The molecule has 202 valence electrons. The van der Waals surface area contributed by atoms with E-state index in [1.165, 1.54) is 5.57 Å². The Morgan fingerprint density at radius 3 is 2.54 bits per heavy atom. The molecule has 0 radical (unpaired) electrons. The van der Waals surface area contributed by atoms with Crippen molar-refractivity contribution in [2.24, 2.45) is 28.1 Å². The molecule has 37 heavy (non-hydrogen) atoms. The zero-order valence-electron chi connectivity index (χ0n) is 23.3. The van der Waals surface area contributed by atoms with Crippen LogP contribution < -0.4 is 0 Å². The Hall–Kier alpha value is -2.50. The summed E-state index contributed by atoms with van der Waals surface area (Å²) >= 11 is 0. The molecule has 0 N–H and O–H groups in total. The fraction of sp³-hybridized carbons (Fsp3) is 0.677. The standard InChI is InChI=1S/C31H42O6/c1-7-8-9-26(34)36-19-25(33)31(37-27(35)28(2,3)4)17-14-24-22-11-10-20-18-21(32)12-15-29(20,5)23(22)13-16-30(24,31)6/h12-13,15,18,22,24H,7-11,14,16-17,19H2,1-6H3/t22-,24+,29+,30+,31+/m1/s1. The Balaban J connectivity index is 1.69. The van der Waals surface area contributed by atoms with E-state index in [1.807, 2.05) is 13.0 Å². The van der Waals surface area contributed by atoms with E-state index in [2.05, 4.69) is 19.9 Å². The van der Waals surface area contributed by atoms with Gasteiger partial charge < -0.3 is 9.47 Å². The van der Waals surface area contributed by atoms with Crippen molar-refractivity contribution in [1.29, 1.82) is 0 Å². The Morgan fingerprint density at radius 2 is 1.86 bits per heavy atom. The number of ether oxygens (including phenoxy) is 2. The van der Waals surface area contributed by atoms with Crippen LogP contribution in [0.15, 0.2) is 35.5 Å². The average Bonchev–Trinajstić information content (AvgIpc) is 3.14. The second-order valence-electron chi connectivity index (χ2n) is 12.8. The highest BCUT2D eigenvalue weighted by molar-refractivity contribution is 6.01. The summed E-state index contributed by atoms with van der Waals surface area (Å²) in [5, 5.41) is 0. The summed E-state index contributed by atoms with van der Waals surface area (Å²) in [5.74, 6) is -0.707. The molecule has 0 aromatic carbocycles. The molecule has 0 saturated heterocycles. The van der Waals surface area contributed by atoms with Gasteiger partial charge in [0.05, 0.1) is 5.41 Å². The molecular formula is C31H42O6. The smallest absolute Gasteiger partial charge is 0.312 e. The lowest BCUT2D eigenvalue weighted by atomic mass is 9.51. The van der Waals surface area contributed by atoms with E-state index in [0.717, 1.165) is 31.3 Å². The molecule has 6 heteroatoms. The molecule has 0 unspecified atom stereocenters. The highest BCUT2D eigenvalue weighted by atomic mass is 16.6. The Labute approximate surface area is 220 Å². The van der Waals surface area contributed by atoms with Gasteiger partial charge in [0.2, 0.25) is 5.78 Å². The van der Waals surface area contributed by atoms with Crippen LogP contribution in [-0.2, 0) is 28.7 Å². The van der Waals surface area contributed by atoms with E-state index in [9.17, 15) is 19.2 Å². The maximum absolute atomic E-state index is 13.9. The molecule has 0 aromatic heterocycles. The molecule has 0 spiro atoms. The Morgan fingerprint density at radius 1 is 1.14 bits per heavy atom. The second kappa shape index (κ2) is 9.67. The van der Waals surface area contributed by atoms with Crippen LogP contribution in [0.2, 0.25) is 0 Å². The van der Waals surface area contributed by atoms with E-state index in [-0.39, 0.29) is 41.8 Å². The molecule has 5 atom stereocenters. The number of allylic oxidation sites excluding steroid dienone is 6. The molecule has 6 nitrogen and oxygen atoms in total. The molecule has 4 aliphatic carbocycles. The van der Waals surface area contributed by atoms with Crippen molar-refractivity contribution in [3.8, 4) is 0 Å². The number of ketones is 2. The maximum atomic E-state index is 13.9. The number of rotatable bonds is 7. The van der Waals surface area contributed by atoms with E-state index in [4.69, 9.17) is 9.47 Å². The van der Waals surface area contributed by atoms with Gasteiger partial charge in [0, 0.05) is 17.3 Å². The Bertz CT molecular complexity index is 1090. The topological polar surface area (TPSA) is 86.7 Å². The first-order valence-electron chi connectivity index (χ1n) is 13.9. The van der Waals surface area contributed by atoms with Crippen LogP contribution in [0, 0.1) is 28.1 Å². The molecule has 4 rings (SSSR count). The van der Waals surface area contributed by atoms with Crippen LogP contribution in [0.5, 0.6) is 0 Å². The predicted octanol–water partition coefficient (Wildman–Crippen LogP) is 5.85. The number of hydrogen-bond donors (Lipinski definition) is 0. The highest BCUT2D eigenvalue weighted by Gasteiger charge is 2.67.